The van der Waals surface area contributed by atoms with Crippen molar-refractivity contribution in [2.24, 2.45) is 0 Å². The number of halogens is 4. The summed E-state index contributed by atoms with van der Waals surface area (Å²) in [5.74, 6) is -5.33. The Kier molecular flexibility index (Phi) is 9.82. The number of amides is 3. The first-order chi connectivity index (χ1) is 20.0. The molecule has 1 N–H and O–H groups in total. The lowest BCUT2D eigenvalue weighted by Gasteiger charge is -2.37. The van der Waals surface area contributed by atoms with Gasteiger partial charge >= 0.3 is 0 Å². The van der Waals surface area contributed by atoms with Gasteiger partial charge in [0.05, 0.1) is 0 Å². The average Bonchev–Trinajstić information content (AvgIpc) is 3.36. The molecule has 2 heterocycles. The van der Waals surface area contributed by atoms with Crippen molar-refractivity contribution in [3.63, 3.8) is 0 Å². The van der Waals surface area contributed by atoms with Crippen LogP contribution in [0.1, 0.15) is 45.4 Å². The highest BCUT2D eigenvalue weighted by molar-refractivity contribution is 6.32. The molecular formula is C30H31ClF3N5O3. The summed E-state index contributed by atoms with van der Waals surface area (Å²) >= 11 is 6.54. The van der Waals surface area contributed by atoms with Gasteiger partial charge in [-0.2, -0.15) is 0 Å². The Hall–Kier alpha value is -3.99. The number of anilines is 2. The zero-order valence-electron chi connectivity index (χ0n) is 23.0. The predicted molar refractivity (Wildman–Crippen MR) is 153 cm³/mol. The minimum Gasteiger partial charge on any atom is -0.351 e. The van der Waals surface area contributed by atoms with Crippen LogP contribution in [0.25, 0.3) is 0 Å². The Bertz CT molecular complexity index is 1390. The standard InChI is InChI=1S/C30H31ClF3N5O3/c1-3-4-9-23(31)19(2)26(27(41)37-21-12-14-30(33,34)15-13-21)38(22-8-5-7-20(32)18-22)28(42)24-10-11-25(40)39(24)29-35-16-6-17-36-29/h3-9,16-18,21,24,26H,2,10-15H2,1H3,(H,37,41)/b4-3-,23-9+/t24?,26-/m0/s1. The van der Waals surface area contributed by atoms with Gasteiger partial charge in [-0.05, 0) is 62.1 Å². The van der Waals surface area contributed by atoms with Crippen LogP contribution in [0.2, 0.25) is 0 Å². The molecule has 1 aliphatic carbocycles. The number of hydrogen-bond donors (Lipinski definition) is 1. The summed E-state index contributed by atoms with van der Waals surface area (Å²) in [6, 6.07) is 3.42. The van der Waals surface area contributed by atoms with Crippen molar-refractivity contribution in [2.45, 2.75) is 69.5 Å². The first-order valence-corrected chi connectivity index (χ1v) is 13.9. The second kappa shape index (κ2) is 13.3. The summed E-state index contributed by atoms with van der Waals surface area (Å²) in [7, 11) is 0. The van der Waals surface area contributed by atoms with E-state index in [2.05, 4.69) is 21.9 Å². The van der Waals surface area contributed by atoms with Gasteiger partial charge < -0.3 is 5.32 Å². The van der Waals surface area contributed by atoms with Crippen LogP contribution in [-0.2, 0) is 14.4 Å². The first kappa shape index (κ1) is 31.0. The molecule has 2 aromatic rings. The fourth-order valence-corrected chi connectivity index (χ4v) is 5.26. The van der Waals surface area contributed by atoms with Crippen molar-refractivity contribution in [3.05, 3.63) is 84.0 Å². The third kappa shape index (κ3) is 7.07. The van der Waals surface area contributed by atoms with Crippen LogP contribution in [0, 0.1) is 5.82 Å². The van der Waals surface area contributed by atoms with Gasteiger partial charge in [-0.3, -0.25) is 24.2 Å². The van der Waals surface area contributed by atoms with E-state index in [0.717, 1.165) is 15.9 Å². The quantitative estimate of drug-likeness (QED) is 0.385. The molecule has 0 spiro atoms. The van der Waals surface area contributed by atoms with Gasteiger partial charge in [0.25, 0.3) is 5.91 Å². The molecule has 1 saturated heterocycles. The molecule has 2 atom stereocenters. The maximum Gasteiger partial charge on any atom is 0.251 e. The molecule has 1 aromatic heterocycles. The smallest absolute Gasteiger partial charge is 0.251 e. The third-order valence-electron chi connectivity index (χ3n) is 7.23. The molecule has 0 radical (unpaired) electrons. The maximum absolute atomic E-state index is 14.5. The van der Waals surface area contributed by atoms with Gasteiger partial charge in [-0.25, -0.2) is 23.1 Å². The second-order valence-corrected chi connectivity index (χ2v) is 10.6. The monoisotopic (exact) mass is 601 g/mol. The van der Waals surface area contributed by atoms with E-state index in [0.29, 0.717) is 0 Å². The predicted octanol–water partition coefficient (Wildman–Crippen LogP) is 5.46. The van der Waals surface area contributed by atoms with Crippen LogP contribution >= 0.6 is 11.6 Å². The molecule has 12 heteroatoms. The third-order valence-corrected chi connectivity index (χ3v) is 7.60. The van der Waals surface area contributed by atoms with Crippen molar-refractivity contribution in [1.82, 2.24) is 15.3 Å². The zero-order chi connectivity index (χ0) is 30.4. The minimum absolute atomic E-state index is 0.00603. The SMILES string of the molecule is C=C(/C(Cl)=C\C=C/C)[C@@H](C(=O)NC1CCC(F)(F)CC1)N(C(=O)C1CCC(=O)N1c1ncccn1)c1cccc(F)c1. The molecule has 222 valence electrons. The summed E-state index contributed by atoms with van der Waals surface area (Å²) in [5, 5.41) is 2.83. The van der Waals surface area contributed by atoms with E-state index >= 15 is 0 Å². The number of nitrogens with one attached hydrogen (secondary N) is 1. The van der Waals surface area contributed by atoms with E-state index in [-0.39, 0.29) is 47.9 Å². The summed E-state index contributed by atoms with van der Waals surface area (Å²) in [5.41, 5.74) is 0.0260. The summed E-state index contributed by atoms with van der Waals surface area (Å²) in [4.78, 5) is 51.7. The number of hydrogen-bond acceptors (Lipinski definition) is 5. The van der Waals surface area contributed by atoms with Crippen LogP contribution in [-0.4, -0.2) is 51.7 Å². The number of alkyl halides is 2. The van der Waals surface area contributed by atoms with Crippen molar-refractivity contribution in [1.29, 1.82) is 0 Å². The molecule has 3 amide bonds. The van der Waals surface area contributed by atoms with Gasteiger partial charge in [0, 0.05) is 48.4 Å². The first-order valence-electron chi connectivity index (χ1n) is 13.6. The molecule has 2 aliphatic rings. The Labute approximate surface area is 247 Å². The highest BCUT2D eigenvalue weighted by atomic mass is 35.5. The molecule has 4 rings (SSSR count). The average molecular weight is 602 g/mol. The number of allylic oxidation sites excluding steroid dienone is 3. The number of carbonyl (C=O) groups is 3. The van der Waals surface area contributed by atoms with Gasteiger partial charge in [-0.1, -0.05) is 36.4 Å². The van der Waals surface area contributed by atoms with E-state index in [1.54, 1.807) is 25.1 Å². The fourth-order valence-electron chi connectivity index (χ4n) is 5.09. The minimum atomic E-state index is -2.82. The van der Waals surface area contributed by atoms with E-state index in [9.17, 15) is 27.6 Å². The van der Waals surface area contributed by atoms with E-state index < -0.39 is 60.4 Å². The maximum atomic E-state index is 14.5. The van der Waals surface area contributed by atoms with Gasteiger partial charge in [0.2, 0.25) is 23.7 Å². The number of rotatable bonds is 9. The normalized spacial score (nSPS) is 20.0. The lowest BCUT2D eigenvalue weighted by Crippen LogP contribution is -2.57. The van der Waals surface area contributed by atoms with Gasteiger partial charge in [0.1, 0.15) is 17.9 Å². The van der Waals surface area contributed by atoms with E-state index in [4.69, 9.17) is 11.6 Å². The summed E-state index contributed by atoms with van der Waals surface area (Å²) in [6.45, 7) is 5.76. The Morgan fingerprint density at radius 3 is 2.52 bits per heavy atom. The number of aromatic nitrogens is 2. The van der Waals surface area contributed by atoms with Gasteiger partial charge in [0.15, 0.2) is 0 Å². The molecule has 0 bridgehead atoms. The van der Waals surface area contributed by atoms with E-state index in [1.165, 1.54) is 36.7 Å². The van der Waals surface area contributed by atoms with Crippen LogP contribution in [0.5, 0.6) is 0 Å². The highest BCUT2D eigenvalue weighted by Crippen LogP contribution is 2.35. The Morgan fingerprint density at radius 2 is 1.88 bits per heavy atom. The van der Waals surface area contributed by atoms with Crippen LogP contribution in [0.4, 0.5) is 24.8 Å². The number of nitrogens with zero attached hydrogens (tertiary/aromatic N) is 4. The Morgan fingerprint density at radius 1 is 1.19 bits per heavy atom. The highest BCUT2D eigenvalue weighted by Gasteiger charge is 2.45. The molecule has 2 fully saturated rings. The molecule has 1 aliphatic heterocycles. The summed E-state index contributed by atoms with van der Waals surface area (Å²) in [6.07, 6.45) is 7.03. The van der Waals surface area contributed by atoms with Crippen molar-refractivity contribution in [3.8, 4) is 0 Å². The van der Waals surface area contributed by atoms with Gasteiger partial charge in [-0.15, -0.1) is 0 Å². The zero-order valence-corrected chi connectivity index (χ0v) is 23.7. The van der Waals surface area contributed by atoms with Crippen LogP contribution < -0.4 is 15.1 Å². The van der Waals surface area contributed by atoms with Crippen LogP contribution in [0.15, 0.2) is 78.1 Å². The largest absolute Gasteiger partial charge is 0.351 e. The fraction of sp³-hybridized carbons (Fsp3) is 0.367. The molecular weight excluding hydrogens is 571 g/mol. The van der Waals surface area contributed by atoms with Crippen molar-refractivity contribution in [2.75, 3.05) is 9.80 Å². The second-order valence-electron chi connectivity index (χ2n) is 10.2. The molecule has 1 saturated carbocycles. The molecule has 1 unspecified atom stereocenters. The molecule has 1 aromatic carbocycles. The lowest BCUT2D eigenvalue weighted by atomic mass is 9.91. The van der Waals surface area contributed by atoms with Crippen molar-refractivity contribution >= 4 is 41.0 Å². The van der Waals surface area contributed by atoms with E-state index in [1.807, 2.05) is 0 Å². The number of carbonyl (C=O) groups excluding carboxylic acids is 3. The Balaban J connectivity index is 1.79. The van der Waals surface area contributed by atoms with Crippen molar-refractivity contribution < 1.29 is 27.6 Å². The molecule has 42 heavy (non-hydrogen) atoms. The number of benzene rings is 1. The summed E-state index contributed by atoms with van der Waals surface area (Å²) < 4.78 is 42.2. The topological polar surface area (TPSA) is 95.5 Å². The van der Waals surface area contributed by atoms with Crippen LogP contribution in [0.3, 0.4) is 0 Å². The lowest BCUT2D eigenvalue weighted by molar-refractivity contribution is -0.127. The molecule has 8 nitrogen and oxygen atoms in total.